The van der Waals surface area contributed by atoms with Crippen molar-refractivity contribution in [3.63, 3.8) is 0 Å². The smallest absolute Gasteiger partial charge is 0.394 e. The molecule has 15 heteroatoms. The molecule has 0 amide bonds. The van der Waals surface area contributed by atoms with Crippen LogP contribution in [0.15, 0.2) is 0 Å². The van der Waals surface area contributed by atoms with Crippen LogP contribution in [0.1, 0.15) is 6.92 Å². The highest BCUT2D eigenvalue weighted by molar-refractivity contribution is 5.82. The van der Waals surface area contributed by atoms with Crippen molar-refractivity contribution in [2.45, 2.75) is 61.0 Å². The summed E-state index contributed by atoms with van der Waals surface area (Å²) in [5.41, 5.74) is -4.02. The molecule has 15 nitrogen and oxygen atoms in total. The van der Waals surface area contributed by atoms with Crippen LogP contribution in [-0.2, 0) is 24.1 Å². The molecule has 1 fully saturated rings. The molecule has 1 rings (SSSR count). The number of hydrogen-bond donors (Lipinski definition) is 10. The van der Waals surface area contributed by atoms with Crippen LogP contribution in [-0.4, -0.2) is 130 Å². The fourth-order valence-corrected chi connectivity index (χ4v) is 2.67. The van der Waals surface area contributed by atoms with Gasteiger partial charge in [-0.15, -0.1) is 0 Å². The number of ether oxygens (including phenoxy) is 1. The van der Waals surface area contributed by atoms with Gasteiger partial charge in [-0.25, -0.2) is 19.4 Å². The Morgan fingerprint density at radius 1 is 1.10 bits per heavy atom. The molecular formula is C14H24O15. The third kappa shape index (κ3) is 4.49. The summed E-state index contributed by atoms with van der Waals surface area (Å²) in [5.74, 6) is -7.33. The highest BCUT2D eigenvalue weighted by Gasteiger charge is 2.72. The third-order valence-corrected chi connectivity index (χ3v) is 4.39. The SMILES string of the molecule is CC(=O)OOC(=O)C(O)(C(O)C(O)C(O)CO)C1(O)O[C@H](CO)[C@@H](O)[C@H](O)[C@H]1O. The highest BCUT2D eigenvalue weighted by Crippen LogP contribution is 2.40. The number of hydrogen-bond acceptors (Lipinski definition) is 15. The minimum absolute atomic E-state index is 0.746. The van der Waals surface area contributed by atoms with Gasteiger partial charge < -0.3 is 55.8 Å². The van der Waals surface area contributed by atoms with Gasteiger partial charge in [-0.3, -0.25) is 0 Å². The van der Waals surface area contributed by atoms with E-state index in [0.29, 0.717) is 0 Å². The molecule has 1 heterocycles. The maximum absolute atomic E-state index is 12.3. The van der Waals surface area contributed by atoms with E-state index in [-0.39, 0.29) is 0 Å². The molecule has 1 aliphatic rings. The Kier molecular flexibility index (Phi) is 8.40. The van der Waals surface area contributed by atoms with Crippen LogP contribution in [0.2, 0.25) is 0 Å². The second kappa shape index (κ2) is 9.54. The van der Waals surface area contributed by atoms with Gasteiger partial charge in [0, 0.05) is 6.92 Å². The molecule has 0 aliphatic carbocycles. The third-order valence-electron chi connectivity index (χ3n) is 4.39. The molecular weight excluding hydrogens is 408 g/mol. The summed E-state index contributed by atoms with van der Waals surface area (Å²) in [7, 11) is 0. The van der Waals surface area contributed by atoms with Crippen molar-refractivity contribution in [1.29, 1.82) is 0 Å². The van der Waals surface area contributed by atoms with Gasteiger partial charge in [-0.1, -0.05) is 0 Å². The minimum Gasteiger partial charge on any atom is -0.394 e. The monoisotopic (exact) mass is 432 g/mol. The standard InChI is InChI=1S/C14H24O15/c1-4(17)28-29-12(24)13(25,10(22)7(19)5(18)2-15)14(26)11(23)9(21)8(20)6(3-16)27-14/h5-11,15-16,18-23,25-26H,2-3H2,1H3/t5?,6-,7?,8-,9+,10?,11-,13?,14?/m1/s1. The molecule has 29 heavy (non-hydrogen) atoms. The van der Waals surface area contributed by atoms with Gasteiger partial charge in [0.2, 0.25) is 5.79 Å². The van der Waals surface area contributed by atoms with Crippen LogP contribution in [0, 0.1) is 0 Å². The van der Waals surface area contributed by atoms with Gasteiger partial charge in [0.15, 0.2) is 0 Å². The Balaban J connectivity index is 3.52. The molecule has 1 saturated heterocycles. The van der Waals surface area contributed by atoms with Crippen molar-refractivity contribution in [2.24, 2.45) is 0 Å². The van der Waals surface area contributed by atoms with Gasteiger partial charge >= 0.3 is 11.9 Å². The first-order valence-electron chi connectivity index (χ1n) is 8.11. The lowest BCUT2D eigenvalue weighted by Crippen LogP contribution is -2.80. The van der Waals surface area contributed by atoms with Crippen molar-refractivity contribution in [3.8, 4) is 0 Å². The molecule has 0 aromatic rings. The molecule has 9 atom stereocenters. The van der Waals surface area contributed by atoms with Gasteiger partial charge in [-0.05, 0) is 0 Å². The highest BCUT2D eigenvalue weighted by atomic mass is 17.2. The molecule has 5 unspecified atom stereocenters. The van der Waals surface area contributed by atoms with Crippen LogP contribution >= 0.6 is 0 Å². The Morgan fingerprint density at radius 2 is 1.66 bits per heavy atom. The summed E-state index contributed by atoms with van der Waals surface area (Å²) < 4.78 is 4.73. The first kappa shape index (κ1) is 25.5. The fraction of sp³-hybridized carbons (Fsp3) is 0.857. The van der Waals surface area contributed by atoms with E-state index < -0.39 is 79.3 Å². The van der Waals surface area contributed by atoms with Crippen molar-refractivity contribution in [1.82, 2.24) is 0 Å². The lowest BCUT2D eigenvalue weighted by Gasteiger charge is -2.52. The summed E-state index contributed by atoms with van der Waals surface area (Å²) >= 11 is 0. The lowest BCUT2D eigenvalue weighted by atomic mass is 9.76. The quantitative estimate of drug-likeness (QED) is 0.132. The average Bonchev–Trinajstić information content (AvgIpc) is 2.70. The maximum Gasteiger partial charge on any atom is 0.395 e. The molecule has 0 spiro atoms. The number of aliphatic hydroxyl groups is 10. The van der Waals surface area contributed by atoms with Crippen LogP contribution in [0.25, 0.3) is 0 Å². The normalized spacial score (nSPS) is 35.1. The van der Waals surface area contributed by atoms with Crippen molar-refractivity contribution in [3.05, 3.63) is 0 Å². The van der Waals surface area contributed by atoms with E-state index in [4.69, 9.17) is 9.84 Å². The van der Waals surface area contributed by atoms with E-state index in [1.54, 1.807) is 0 Å². The van der Waals surface area contributed by atoms with Gasteiger partial charge in [-0.2, -0.15) is 0 Å². The van der Waals surface area contributed by atoms with Crippen LogP contribution in [0.5, 0.6) is 0 Å². The Hall–Kier alpha value is -1.50. The molecule has 170 valence electrons. The molecule has 0 saturated carbocycles. The average molecular weight is 432 g/mol. The zero-order chi connectivity index (χ0) is 22.7. The maximum atomic E-state index is 12.3. The number of carbonyl (C=O) groups is 2. The molecule has 0 bridgehead atoms. The summed E-state index contributed by atoms with van der Waals surface area (Å²) in [4.78, 5) is 31.0. The fourth-order valence-electron chi connectivity index (χ4n) is 2.67. The molecule has 1 aliphatic heterocycles. The number of aliphatic hydroxyl groups excluding tert-OH is 8. The van der Waals surface area contributed by atoms with E-state index >= 15 is 0 Å². The predicted molar refractivity (Wildman–Crippen MR) is 82.8 cm³/mol. The summed E-state index contributed by atoms with van der Waals surface area (Å²) in [6, 6.07) is 0. The van der Waals surface area contributed by atoms with Gasteiger partial charge in [0.1, 0.15) is 42.7 Å². The first-order valence-corrected chi connectivity index (χ1v) is 8.11. The molecule has 0 aromatic carbocycles. The predicted octanol–water partition coefficient (Wildman–Crippen LogP) is -7.02. The Morgan fingerprint density at radius 3 is 2.10 bits per heavy atom. The first-order chi connectivity index (χ1) is 13.3. The van der Waals surface area contributed by atoms with E-state index in [9.17, 15) is 55.5 Å². The zero-order valence-electron chi connectivity index (χ0n) is 15.0. The zero-order valence-corrected chi connectivity index (χ0v) is 15.0. The van der Waals surface area contributed by atoms with Crippen molar-refractivity contribution < 1.29 is 75.2 Å². The van der Waals surface area contributed by atoms with Gasteiger partial charge in [0.25, 0.3) is 5.60 Å². The molecule has 0 radical (unpaired) electrons. The molecule has 10 N–H and O–H groups in total. The largest absolute Gasteiger partial charge is 0.395 e. The lowest BCUT2D eigenvalue weighted by molar-refractivity contribution is -0.413. The number of carbonyl (C=O) groups excluding carboxylic acids is 2. The van der Waals surface area contributed by atoms with Crippen LogP contribution in [0.3, 0.4) is 0 Å². The summed E-state index contributed by atoms with van der Waals surface area (Å²) in [6.45, 7) is -1.61. The second-order valence-electron chi connectivity index (χ2n) is 6.36. The Bertz CT molecular complexity index is 583. The van der Waals surface area contributed by atoms with E-state index in [2.05, 4.69) is 9.78 Å². The Labute approximate surface area is 162 Å². The van der Waals surface area contributed by atoms with E-state index in [0.717, 1.165) is 6.92 Å². The minimum atomic E-state index is -4.02. The number of rotatable bonds is 7. The van der Waals surface area contributed by atoms with Crippen molar-refractivity contribution >= 4 is 11.9 Å². The van der Waals surface area contributed by atoms with Crippen LogP contribution < -0.4 is 0 Å². The molecule has 0 aromatic heterocycles. The summed E-state index contributed by atoms with van der Waals surface area (Å²) in [5, 5.41) is 98.9. The topological polar surface area (TPSA) is 264 Å². The van der Waals surface area contributed by atoms with E-state index in [1.807, 2.05) is 0 Å². The summed E-state index contributed by atoms with van der Waals surface area (Å²) in [6.07, 6.45) is -17.0. The van der Waals surface area contributed by atoms with Gasteiger partial charge in [0.05, 0.1) is 13.2 Å². The van der Waals surface area contributed by atoms with E-state index in [1.165, 1.54) is 0 Å². The van der Waals surface area contributed by atoms with Crippen LogP contribution in [0.4, 0.5) is 0 Å². The van der Waals surface area contributed by atoms with Crippen molar-refractivity contribution in [2.75, 3.05) is 13.2 Å². The second-order valence-corrected chi connectivity index (χ2v) is 6.36.